The molecule has 2 heteroatoms. The smallest absolute Gasteiger partial charge is 0.0438 e. The molecule has 1 aromatic rings. The van der Waals surface area contributed by atoms with E-state index in [-0.39, 0.29) is 0 Å². The lowest BCUT2D eigenvalue weighted by atomic mass is 9.95. The Morgan fingerprint density at radius 1 is 1.24 bits per heavy atom. The Balaban J connectivity index is 1.62. The van der Waals surface area contributed by atoms with Crippen LogP contribution in [0.3, 0.4) is 0 Å². The second-order valence-electron chi connectivity index (χ2n) is 5.51. The van der Waals surface area contributed by atoms with Crippen molar-refractivity contribution in [3.63, 3.8) is 0 Å². The first-order chi connectivity index (χ1) is 8.42. The van der Waals surface area contributed by atoms with E-state index in [2.05, 4.69) is 17.4 Å². The molecule has 0 aromatic carbocycles. The Hall–Kier alpha value is -0.890. The van der Waals surface area contributed by atoms with E-state index in [0.717, 1.165) is 5.92 Å². The van der Waals surface area contributed by atoms with Gasteiger partial charge >= 0.3 is 0 Å². The molecule has 1 aliphatic heterocycles. The minimum atomic E-state index is 0.882. The zero-order valence-electron chi connectivity index (χ0n) is 10.5. The molecule has 1 N–H and O–H groups in total. The summed E-state index contributed by atoms with van der Waals surface area (Å²) in [6.45, 7) is 2.42. The van der Waals surface area contributed by atoms with Gasteiger partial charge in [-0.05, 0) is 75.6 Å². The molecule has 0 radical (unpaired) electrons. The van der Waals surface area contributed by atoms with E-state index in [4.69, 9.17) is 4.98 Å². The first-order valence-electron chi connectivity index (χ1n) is 7.10. The molecule has 0 spiro atoms. The fourth-order valence-electron chi connectivity index (χ4n) is 3.08. The lowest BCUT2D eigenvalue weighted by molar-refractivity contribution is 0.527. The average Bonchev–Trinajstić information content (AvgIpc) is 2.89. The number of hydrogen-bond donors (Lipinski definition) is 1. The monoisotopic (exact) mass is 230 g/mol. The molecule has 1 aliphatic carbocycles. The highest BCUT2D eigenvalue weighted by atomic mass is 14.9. The summed E-state index contributed by atoms with van der Waals surface area (Å²) in [5, 5.41) is 3.44. The summed E-state index contributed by atoms with van der Waals surface area (Å²) < 4.78 is 0. The molecule has 2 heterocycles. The van der Waals surface area contributed by atoms with E-state index in [0.29, 0.717) is 0 Å². The van der Waals surface area contributed by atoms with Crippen LogP contribution in [-0.2, 0) is 19.3 Å². The molecule has 92 valence electrons. The second-order valence-corrected chi connectivity index (χ2v) is 5.51. The number of nitrogens with one attached hydrogen (secondary N) is 1. The first kappa shape index (κ1) is 11.2. The highest BCUT2D eigenvalue weighted by molar-refractivity contribution is 5.25. The second kappa shape index (κ2) is 5.18. The Morgan fingerprint density at radius 3 is 3.06 bits per heavy atom. The minimum Gasteiger partial charge on any atom is -0.316 e. The van der Waals surface area contributed by atoms with E-state index in [9.17, 15) is 0 Å². The van der Waals surface area contributed by atoms with Crippen LogP contribution >= 0.6 is 0 Å². The third kappa shape index (κ3) is 2.68. The summed E-state index contributed by atoms with van der Waals surface area (Å²) in [6, 6.07) is 4.58. The molecule has 0 unspecified atom stereocenters. The third-order valence-corrected chi connectivity index (χ3v) is 4.21. The molecule has 1 fully saturated rings. The highest BCUT2D eigenvalue weighted by Gasteiger charge is 2.15. The number of nitrogens with zero attached hydrogens (tertiary/aromatic N) is 1. The van der Waals surface area contributed by atoms with Gasteiger partial charge in [0.2, 0.25) is 0 Å². The molecule has 3 rings (SSSR count). The van der Waals surface area contributed by atoms with Gasteiger partial charge in [-0.25, -0.2) is 0 Å². The molecular weight excluding hydrogens is 208 g/mol. The predicted octanol–water partition coefficient (Wildman–Crippen LogP) is 2.50. The van der Waals surface area contributed by atoms with Crippen LogP contribution in [0.5, 0.6) is 0 Å². The Kier molecular flexibility index (Phi) is 3.41. The van der Waals surface area contributed by atoms with E-state index in [1.54, 1.807) is 0 Å². The molecule has 17 heavy (non-hydrogen) atoms. The number of aromatic nitrogens is 1. The first-order valence-corrected chi connectivity index (χ1v) is 7.10. The average molecular weight is 230 g/mol. The SMILES string of the molecule is c1cc2c(nc1CC[C@@H]1CCNC1)CCCC2. The van der Waals surface area contributed by atoms with Crippen molar-refractivity contribution >= 4 is 0 Å². The van der Waals surface area contributed by atoms with Gasteiger partial charge in [0.1, 0.15) is 0 Å². The van der Waals surface area contributed by atoms with Crippen molar-refractivity contribution in [2.24, 2.45) is 5.92 Å². The lowest BCUT2D eigenvalue weighted by Crippen LogP contribution is -2.11. The van der Waals surface area contributed by atoms with E-state index in [1.807, 2.05) is 0 Å². The van der Waals surface area contributed by atoms with Crippen molar-refractivity contribution in [3.05, 3.63) is 29.1 Å². The van der Waals surface area contributed by atoms with Crippen LogP contribution in [-0.4, -0.2) is 18.1 Å². The molecule has 1 atom stereocenters. The van der Waals surface area contributed by atoms with Crippen molar-refractivity contribution in [3.8, 4) is 0 Å². The van der Waals surface area contributed by atoms with E-state index < -0.39 is 0 Å². The highest BCUT2D eigenvalue weighted by Crippen LogP contribution is 2.21. The number of aryl methyl sites for hydroxylation is 3. The van der Waals surface area contributed by atoms with E-state index >= 15 is 0 Å². The number of fused-ring (bicyclic) bond motifs is 1. The van der Waals surface area contributed by atoms with Gasteiger partial charge in [-0.3, -0.25) is 4.98 Å². The quantitative estimate of drug-likeness (QED) is 0.863. The maximum absolute atomic E-state index is 4.85. The fraction of sp³-hybridized carbons (Fsp3) is 0.667. The van der Waals surface area contributed by atoms with Crippen molar-refractivity contribution in [1.29, 1.82) is 0 Å². The van der Waals surface area contributed by atoms with Gasteiger partial charge in [0.25, 0.3) is 0 Å². The Morgan fingerprint density at radius 2 is 2.18 bits per heavy atom. The van der Waals surface area contributed by atoms with Gasteiger partial charge in [-0.1, -0.05) is 6.07 Å². The number of pyridine rings is 1. The summed E-state index contributed by atoms with van der Waals surface area (Å²) >= 11 is 0. The van der Waals surface area contributed by atoms with Crippen LogP contribution < -0.4 is 5.32 Å². The molecule has 0 amide bonds. The fourth-order valence-corrected chi connectivity index (χ4v) is 3.08. The van der Waals surface area contributed by atoms with Crippen LogP contribution in [0.4, 0.5) is 0 Å². The van der Waals surface area contributed by atoms with Crippen molar-refractivity contribution in [2.75, 3.05) is 13.1 Å². The summed E-state index contributed by atoms with van der Waals surface area (Å²) in [5.74, 6) is 0.882. The van der Waals surface area contributed by atoms with Crippen molar-refractivity contribution in [2.45, 2.75) is 44.9 Å². The lowest BCUT2D eigenvalue weighted by Gasteiger charge is -2.16. The van der Waals surface area contributed by atoms with Gasteiger partial charge in [0.05, 0.1) is 0 Å². The van der Waals surface area contributed by atoms with Crippen LogP contribution in [0, 0.1) is 5.92 Å². The standard InChI is InChI=1S/C15H22N2/c1-2-4-15-13(3-1)6-8-14(17-15)7-5-12-9-10-16-11-12/h6,8,12,16H,1-5,7,9-11H2/t12-/m1/s1. The molecule has 1 saturated heterocycles. The summed E-state index contributed by atoms with van der Waals surface area (Å²) in [5.41, 5.74) is 4.21. The van der Waals surface area contributed by atoms with Crippen molar-refractivity contribution < 1.29 is 0 Å². The molecule has 0 saturated carbocycles. The topological polar surface area (TPSA) is 24.9 Å². The van der Waals surface area contributed by atoms with Crippen molar-refractivity contribution in [1.82, 2.24) is 10.3 Å². The predicted molar refractivity (Wildman–Crippen MR) is 70.2 cm³/mol. The molecule has 2 aliphatic rings. The molecule has 1 aromatic heterocycles. The van der Waals surface area contributed by atoms with Gasteiger partial charge in [0.15, 0.2) is 0 Å². The summed E-state index contributed by atoms with van der Waals surface area (Å²) in [6.07, 6.45) is 8.95. The van der Waals surface area contributed by atoms with Crippen LogP contribution in [0.25, 0.3) is 0 Å². The third-order valence-electron chi connectivity index (χ3n) is 4.21. The van der Waals surface area contributed by atoms with Crippen LogP contribution in [0.1, 0.15) is 42.6 Å². The maximum Gasteiger partial charge on any atom is 0.0438 e. The van der Waals surface area contributed by atoms with Gasteiger partial charge in [-0.15, -0.1) is 0 Å². The van der Waals surface area contributed by atoms with Gasteiger partial charge in [0, 0.05) is 11.4 Å². The normalized spacial score (nSPS) is 23.6. The van der Waals surface area contributed by atoms with Crippen LogP contribution in [0.2, 0.25) is 0 Å². The minimum absolute atomic E-state index is 0.882. The number of hydrogen-bond acceptors (Lipinski definition) is 2. The summed E-state index contributed by atoms with van der Waals surface area (Å²) in [7, 11) is 0. The zero-order valence-corrected chi connectivity index (χ0v) is 10.5. The Labute approximate surface area is 104 Å². The van der Waals surface area contributed by atoms with Gasteiger partial charge in [-0.2, -0.15) is 0 Å². The molecular formula is C15H22N2. The van der Waals surface area contributed by atoms with Crippen LogP contribution in [0.15, 0.2) is 12.1 Å². The Bertz CT molecular complexity index is 381. The van der Waals surface area contributed by atoms with Gasteiger partial charge < -0.3 is 5.32 Å². The van der Waals surface area contributed by atoms with E-state index in [1.165, 1.54) is 75.0 Å². The zero-order chi connectivity index (χ0) is 11.5. The number of rotatable bonds is 3. The molecule has 2 nitrogen and oxygen atoms in total. The maximum atomic E-state index is 4.85. The largest absolute Gasteiger partial charge is 0.316 e. The summed E-state index contributed by atoms with van der Waals surface area (Å²) in [4.78, 5) is 4.85. The molecule has 0 bridgehead atoms.